The molecule has 1 saturated heterocycles. The van der Waals surface area contributed by atoms with Crippen LogP contribution < -0.4 is 20.7 Å². The summed E-state index contributed by atoms with van der Waals surface area (Å²) >= 11 is 0. The summed E-state index contributed by atoms with van der Waals surface area (Å²) in [5.74, 6) is 1.67. The molecule has 0 saturated carbocycles. The zero-order valence-corrected chi connectivity index (χ0v) is 19.9. The highest BCUT2D eigenvalue weighted by Gasteiger charge is 2.19. The van der Waals surface area contributed by atoms with Crippen LogP contribution in [0.25, 0.3) is 22.2 Å². The summed E-state index contributed by atoms with van der Waals surface area (Å²) in [4.78, 5) is 7.54. The molecule has 2 heterocycles. The number of para-hydroxylation sites is 1. The lowest BCUT2D eigenvalue weighted by atomic mass is 10.0. The van der Waals surface area contributed by atoms with E-state index in [1.165, 1.54) is 18.4 Å². The number of nitrogens with one attached hydrogen (secondary N) is 3. The van der Waals surface area contributed by atoms with Crippen molar-refractivity contribution < 1.29 is 4.74 Å². The van der Waals surface area contributed by atoms with E-state index in [4.69, 9.17) is 9.72 Å². The summed E-state index contributed by atoms with van der Waals surface area (Å²) in [7, 11) is 3.72. The average Bonchev–Trinajstić information content (AvgIpc) is 2.83. The molecule has 0 amide bonds. The zero-order chi connectivity index (χ0) is 22.9. The van der Waals surface area contributed by atoms with E-state index >= 15 is 0 Å². The van der Waals surface area contributed by atoms with Crippen molar-refractivity contribution in [1.29, 1.82) is 0 Å². The Hall–Kier alpha value is -2.67. The molecule has 6 heteroatoms. The van der Waals surface area contributed by atoms with Crippen molar-refractivity contribution in [2.24, 2.45) is 5.92 Å². The van der Waals surface area contributed by atoms with E-state index in [-0.39, 0.29) is 0 Å². The first-order chi connectivity index (χ1) is 16.3. The number of methoxy groups -OCH3 is 1. The van der Waals surface area contributed by atoms with E-state index < -0.39 is 0 Å². The Morgan fingerprint density at radius 2 is 1.79 bits per heavy atom. The van der Waals surface area contributed by atoms with Gasteiger partial charge in [0, 0.05) is 42.8 Å². The fourth-order valence-corrected chi connectivity index (χ4v) is 4.37. The van der Waals surface area contributed by atoms with Gasteiger partial charge in [0.25, 0.3) is 0 Å². The molecule has 176 valence electrons. The Balaban J connectivity index is 1.41. The third-order valence-electron chi connectivity index (χ3n) is 6.35. The van der Waals surface area contributed by atoms with Gasteiger partial charge in [0.15, 0.2) is 0 Å². The summed E-state index contributed by atoms with van der Waals surface area (Å²) in [5.41, 5.74) is 4.23. The van der Waals surface area contributed by atoms with Crippen LogP contribution >= 0.6 is 0 Å². The second-order valence-corrected chi connectivity index (χ2v) is 8.86. The molecule has 0 spiro atoms. The minimum Gasteiger partial charge on any atom is -0.497 e. The molecule has 33 heavy (non-hydrogen) atoms. The summed E-state index contributed by atoms with van der Waals surface area (Å²) in [6.45, 7) is 7.85. The van der Waals surface area contributed by atoms with Gasteiger partial charge in [-0.3, -0.25) is 0 Å². The normalized spacial score (nSPS) is 13.9. The number of anilines is 1. The maximum atomic E-state index is 5.31. The fourth-order valence-electron chi connectivity index (χ4n) is 4.37. The zero-order valence-electron chi connectivity index (χ0n) is 19.9. The topological polar surface area (TPSA) is 61.5 Å². The van der Waals surface area contributed by atoms with Crippen molar-refractivity contribution in [3.05, 3.63) is 54.6 Å². The van der Waals surface area contributed by atoms with E-state index in [1.54, 1.807) is 7.11 Å². The van der Waals surface area contributed by atoms with E-state index in [1.807, 2.05) is 19.2 Å². The first kappa shape index (κ1) is 23.5. The number of hydrogen-bond donors (Lipinski definition) is 3. The molecular weight excluding hydrogens is 410 g/mol. The van der Waals surface area contributed by atoms with Crippen molar-refractivity contribution in [2.75, 3.05) is 65.3 Å². The number of fused-ring (bicyclic) bond motifs is 1. The van der Waals surface area contributed by atoms with Crippen molar-refractivity contribution in [2.45, 2.75) is 12.8 Å². The molecule has 0 atom stereocenters. The van der Waals surface area contributed by atoms with E-state index in [0.717, 1.165) is 79.8 Å². The molecule has 1 aliphatic heterocycles. The van der Waals surface area contributed by atoms with Gasteiger partial charge in [0.2, 0.25) is 0 Å². The smallest absolute Gasteiger partial charge is 0.118 e. The van der Waals surface area contributed by atoms with Crippen molar-refractivity contribution in [1.82, 2.24) is 20.5 Å². The number of ether oxygens (including phenoxy) is 1. The van der Waals surface area contributed by atoms with Crippen LogP contribution in [-0.4, -0.2) is 69.9 Å². The van der Waals surface area contributed by atoms with Gasteiger partial charge in [-0.1, -0.05) is 18.2 Å². The van der Waals surface area contributed by atoms with E-state index in [0.29, 0.717) is 0 Å². The van der Waals surface area contributed by atoms with Gasteiger partial charge in [-0.05, 0) is 81.8 Å². The standard InChI is InChI=1S/C27H37N5O/c1-28-13-5-15-32(20-21-18-29-19-21)16-6-14-30-27-17-26(22-9-11-23(33-2)12-10-22)31-25-8-4-3-7-24(25)27/h3-4,7-12,17,21,28-29H,5-6,13-16,18-20H2,1-2H3,(H,30,31). The SMILES string of the molecule is CNCCCN(CCCNc1cc(-c2ccc(OC)cc2)nc2ccccc12)CC1CNC1. The Kier molecular flexibility index (Phi) is 8.53. The number of rotatable bonds is 13. The van der Waals surface area contributed by atoms with Crippen LogP contribution in [0.5, 0.6) is 5.75 Å². The molecule has 1 fully saturated rings. The summed E-state index contributed by atoms with van der Waals surface area (Å²) in [6.07, 6.45) is 2.32. The first-order valence-electron chi connectivity index (χ1n) is 12.1. The van der Waals surface area contributed by atoms with Crippen LogP contribution in [0.2, 0.25) is 0 Å². The molecule has 0 aliphatic carbocycles. The van der Waals surface area contributed by atoms with Crippen molar-refractivity contribution >= 4 is 16.6 Å². The molecular formula is C27H37N5O. The molecule has 0 unspecified atom stereocenters. The molecule has 0 bridgehead atoms. The van der Waals surface area contributed by atoms with Gasteiger partial charge >= 0.3 is 0 Å². The molecule has 4 rings (SSSR count). The number of pyridine rings is 1. The van der Waals surface area contributed by atoms with Gasteiger partial charge in [-0.2, -0.15) is 0 Å². The minimum absolute atomic E-state index is 0.809. The van der Waals surface area contributed by atoms with Gasteiger partial charge in [-0.25, -0.2) is 4.98 Å². The molecule has 3 aromatic rings. The Labute approximate surface area is 197 Å². The van der Waals surface area contributed by atoms with E-state index in [2.05, 4.69) is 63.3 Å². The lowest BCUT2D eigenvalue weighted by Crippen LogP contribution is -2.48. The minimum atomic E-state index is 0.809. The maximum absolute atomic E-state index is 5.31. The highest BCUT2D eigenvalue weighted by molar-refractivity contribution is 5.93. The molecule has 0 radical (unpaired) electrons. The average molecular weight is 448 g/mol. The van der Waals surface area contributed by atoms with Crippen LogP contribution in [0.1, 0.15) is 12.8 Å². The third kappa shape index (κ3) is 6.44. The fraction of sp³-hybridized carbons (Fsp3) is 0.444. The van der Waals surface area contributed by atoms with Gasteiger partial charge < -0.3 is 25.6 Å². The summed E-state index contributed by atoms with van der Waals surface area (Å²) in [5, 5.41) is 11.5. The van der Waals surface area contributed by atoms with Gasteiger partial charge in [0.1, 0.15) is 5.75 Å². The van der Waals surface area contributed by atoms with Crippen LogP contribution in [0.15, 0.2) is 54.6 Å². The Morgan fingerprint density at radius 1 is 1.03 bits per heavy atom. The van der Waals surface area contributed by atoms with Crippen LogP contribution in [0, 0.1) is 5.92 Å². The molecule has 6 nitrogen and oxygen atoms in total. The molecule has 1 aliphatic rings. The molecule has 2 aromatic carbocycles. The van der Waals surface area contributed by atoms with Crippen molar-refractivity contribution in [3.8, 4) is 17.0 Å². The van der Waals surface area contributed by atoms with Crippen LogP contribution in [-0.2, 0) is 0 Å². The number of aromatic nitrogens is 1. The molecule has 3 N–H and O–H groups in total. The summed E-state index contributed by atoms with van der Waals surface area (Å²) in [6, 6.07) is 18.7. The second kappa shape index (κ2) is 12.0. The Bertz CT molecular complexity index is 1000. The number of benzene rings is 2. The highest BCUT2D eigenvalue weighted by Crippen LogP contribution is 2.29. The predicted molar refractivity (Wildman–Crippen MR) is 138 cm³/mol. The molecule has 1 aromatic heterocycles. The second-order valence-electron chi connectivity index (χ2n) is 8.86. The van der Waals surface area contributed by atoms with E-state index in [9.17, 15) is 0 Å². The monoisotopic (exact) mass is 447 g/mol. The third-order valence-corrected chi connectivity index (χ3v) is 6.35. The van der Waals surface area contributed by atoms with Crippen LogP contribution in [0.3, 0.4) is 0 Å². The highest BCUT2D eigenvalue weighted by atomic mass is 16.5. The Morgan fingerprint density at radius 3 is 2.48 bits per heavy atom. The van der Waals surface area contributed by atoms with Gasteiger partial charge in [-0.15, -0.1) is 0 Å². The first-order valence-corrected chi connectivity index (χ1v) is 12.1. The van der Waals surface area contributed by atoms with Crippen LogP contribution in [0.4, 0.5) is 5.69 Å². The maximum Gasteiger partial charge on any atom is 0.118 e. The quantitative estimate of drug-likeness (QED) is 0.346. The van der Waals surface area contributed by atoms with Gasteiger partial charge in [0.05, 0.1) is 18.3 Å². The largest absolute Gasteiger partial charge is 0.497 e. The lowest BCUT2D eigenvalue weighted by molar-refractivity contribution is 0.190. The van der Waals surface area contributed by atoms with Crippen molar-refractivity contribution in [3.63, 3.8) is 0 Å². The lowest BCUT2D eigenvalue weighted by Gasteiger charge is -2.33. The summed E-state index contributed by atoms with van der Waals surface area (Å²) < 4.78 is 5.31. The number of hydrogen-bond acceptors (Lipinski definition) is 6. The predicted octanol–water partition coefficient (Wildman–Crippen LogP) is 3.84. The number of nitrogens with zero attached hydrogens (tertiary/aromatic N) is 2.